The van der Waals surface area contributed by atoms with Gasteiger partial charge in [0, 0.05) is 12.6 Å². The average molecular weight is 213 g/mol. The summed E-state index contributed by atoms with van der Waals surface area (Å²) in [6, 6.07) is 0.527. The number of amides is 1. The van der Waals surface area contributed by atoms with Gasteiger partial charge in [-0.2, -0.15) is 0 Å². The van der Waals surface area contributed by atoms with Crippen LogP contribution >= 0.6 is 0 Å². The zero-order valence-electron chi connectivity index (χ0n) is 9.83. The van der Waals surface area contributed by atoms with Crippen LogP contribution in [0.4, 0.5) is 0 Å². The standard InChI is InChI=1S/C11H23N3O/c1-9(2)13-6-4-8-14-7-3-5-10(14)11(12)15/h9-10,13H,3-8H2,1-2H3,(H2,12,15). The van der Waals surface area contributed by atoms with Crippen molar-refractivity contribution in [1.82, 2.24) is 10.2 Å². The Bertz CT molecular complexity index is 206. The molecule has 4 heteroatoms. The Balaban J connectivity index is 2.17. The van der Waals surface area contributed by atoms with Crippen LogP contribution in [-0.2, 0) is 4.79 Å². The highest BCUT2D eigenvalue weighted by Gasteiger charge is 2.27. The predicted molar refractivity (Wildman–Crippen MR) is 61.5 cm³/mol. The monoisotopic (exact) mass is 213 g/mol. The van der Waals surface area contributed by atoms with Gasteiger partial charge in [0.05, 0.1) is 6.04 Å². The molecule has 1 fully saturated rings. The number of carbonyl (C=O) groups is 1. The summed E-state index contributed by atoms with van der Waals surface area (Å²) in [6.45, 7) is 7.30. The van der Waals surface area contributed by atoms with Gasteiger partial charge in [-0.3, -0.25) is 9.69 Å². The maximum absolute atomic E-state index is 11.1. The van der Waals surface area contributed by atoms with Crippen molar-refractivity contribution in [3.63, 3.8) is 0 Å². The molecule has 0 saturated carbocycles. The molecule has 88 valence electrons. The third-order valence-corrected chi connectivity index (χ3v) is 2.87. The van der Waals surface area contributed by atoms with Gasteiger partial charge in [-0.25, -0.2) is 0 Å². The first-order chi connectivity index (χ1) is 7.11. The highest BCUT2D eigenvalue weighted by Crippen LogP contribution is 2.16. The fourth-order valence-electron chi connectivity index (χ4n) is 2.09. The highest BCUT2D eigenvalue weighted by atomic mass is 16.1. The van der Waals surface area contributed by atoms with Crippen LogP contribution in [0.25, 0.3) is 0 Å². The smallest absolute Gasteiger partial charge is 0.234 e. The Morgan fingerprint density at radius 1 is 1.60 bits per heavy atom. The number of hydrogen-bond acceptors (Lipinski definition) is 3. The summed E-state index contributed by atoms with van der Waals surface area (Å²) in [6.07, 6.45) is 3.13. The van der Waals surface area contributed by atoms with Crippen molar-refractivity contribution >= 4 is 5.91 Å². The molecule has 0 aromatic rings. The first-order valence-electron chi connectivity index (χ1n) is 5.88. The van der Waals surface area contributed by atoms with Gasteiger partial charge in [0.1, 0.15) is 0 Å². The first-order valence-corrected chi connectivity index (χ1v) is 5.88. The van der Waals surface area contributed by atoms with Gasteiger partial charge in [-0.15, -0.1) is 0 Å². The first kappa shape index (κ1) is 12.5. The van der Waals surface area contributed by atoms with Gasteiger partial charge in [0.25, 0.3) is 0 Å². The van der Waals surface area contributed by atoms with Gasteiger partial charge in [-0.1, -0.05) is 13.8 Å². The molecule has 0 radical (unpaired) electrons. The minimum absolute atomic E-state index is 0.0101. The summed E-state index contributed by atoms with van der Waals surface area (Å²) in [7, 11) is 0. The summed E-state index contributed by atoms with van der Waals surface area (Å²) in [4.78, 5) is 13.3. The Hall–Kier alpha value is -0.610. The molecule has 4 nitrogen and oxygen atoms in total. The van der Waals surface area contributed by atoms with E-state index >= 15 is 0 Å². The molecule has 15 heavy (non-hydrogen) atoms. The maximum atomic E-state index is 11.1. The molecular formula is C11H23N3O. The van der Waals surface area contributed by atoms with E-state index in [4.69, 9.17) is 5.73 Å². The summed E-state index contributed by atoms with van der Waals surface area (Å²) in [5, 5.41) is 3.37. The molecule has 0 aromatic carbocycles. The van der Waals surface area contributed by atoms with E-state index in [9.17, 15) is 4.79 Å². The van der Waals surface area contributed by atoms with E-state index in [1.54, 1.807) is 0 Å². The van der Waals surface area contributed by atoms with Crippen LogP contribution in [0.1, 0.15) is 33.1 Å². The third-order valence-electron chi connectivity index (χ3n) is 2.87. The minimum atomic E-state index is -0.163. The summed E-state index contributed by atoms with van der Waals surface area (Å²) in [5.41, 5.74) is 5.34. The van der Waals surface area contributed by atoms with E-state index in [0.717, 1.165) is 38.9 Å². The number of carbonyl (C=O) groups excluding carboxylic acids is 1. The van der Waals surface area contributed by atoms with E-state index in [-0.39, 0.29) is 11.9 Å². The van der Waals surface area contributed by atoms with Crippen molar-refractivity contribution in [3.05, 3.63) is 0 Å². The highest BCUT2D eigenvalue weighted by molar-refractivity contribution is 5.80. The fourth-order valence-corrected chi connectivity index (χ4v) is 2.09. The normalized spacial score (nSPS) is 22.5. The Morgan fingerprint density at radius 2 is 2.33 bits per heavy atom. The summed E-state index contributed by atoms with van der Waals surface area (Å²) < 4.78 is 0. The lowest BCUT2D eigenvalue weighted by atomic mass is 10.2. The van der Waals surface area contributed by atoms with Crippen LogP contribution in [0.15, 0.2) is 0 Å². The molecule has 1 atom stereocenters. The Morgan fingerprint density at radius 3 is 2.93 bits per heavy atom. The second kappa shape index (κ2) is 6.08. The summed E-state index contributed by atoms with van der Waals surface area (Å²) >= 11 is 0. The molecular weight excluding hydrogens is 190 g/mol. The van der Waals surface area contributed by atoms with Crippen LogP contribution in [0.5, 0.6) is 0 Å². The average Bonchev–Trinajstić information content (AvgIpc) is 2.60. The van der Waals surface area contributed by atoms with Crippen LogP contribution in [-0.4, -0.2) is 42.5 Å². The Kier molecular flexibility index (Phi) is 5.05. The predicted octanol–water partition coefficient (Wildman–Crippen LogP) is 0.324. The lowest BCUT2D eigenvalue weighted by Crippen LogP contribution is -2.41. The largest absolute Gasteiger partial charge is 0.368 e. The van der Waals surface area contributed by atoms with Gasteiger partial charge < -0.3 is 11.1 Å². The van der Waals surface area contributed by atoms with Gasteiger partial charge in [0.2, 0.25) is 5.91 Å². The van der Waals surface area contributed by atoms with E-state index in [1.165, 1.54) is 0 Å². The molecule has 1 heterocycles. The minimum Gasteiger partial charge on any atom is -0.368 e. The molecule has 0 aliphatic carbocycles. The van der Waals surface area contributed by atoms with Crippen molar-refractivity contribution in [1.29, 1.82) is 0 Å². The van der Waals surface area contributed by atoms with Crippen LogP contribution in [0.2, 0.25) is 0 Å². The SMILES string of the molecule is CC(C)NCCCN1CCCC1C(N)=O. The van der Waals surface area contributed by atoms with E-state index in [1.807, 2.05) is 0 Å². The molecule has 0 bridgehead atoms. The molecule has 1 amide bonds. The lowest BCUT2D eigenvalue weighted by Gasteiger charge is -2.21. The van der Waals surface area contributed by atoms with Crippen molar-refractivity contribution in [3.8, 4) is 0 Å². The van der Waals surface area contributed by atoms with E-state index in [0.29, 0.717) is 6.04 Å². The second-order valence-electron chi connectivity index (χ2n) is 4.56. The number of likely N-dealkylation sites (tertiary alicyclic amines) is 1. The zero-order valence-corrected chi connectivity index (χ0v) is 9.83. The molecule has 1 unspecified atom stereocenters. The zero-order chi connectivity index (χ0) is 11.3. The molecule has 0 aromatic heterocycles. The number of primary amides is 1. The molecule has 1 aliphatic heterocycles. The van der Waals surface area contributed by atoms with Gasteiger partial charge >= 0.3 is 0 Å². The third kappa shape index (κ3) is 4.18. The molecule has 3 N–H and O–H groups in total. The van der Waals surface area contributed by atoms with Gasteiger partial charge in [0.15, 0.2) is 0 Å². The number of nitrogens with two attached hydrogens (primary N) is 1. The molecule has 1 aliphatic rings. The maximum Gasteiger partial charge on any atom is 0.234 e. The van der Waals surface area contributed by atoms with Crippen molar-refractivity contribution in [2.24, 2.45) is 5.73 Å². The van der Waals surface area contributed by atoms with Crippen LogP contribution < -0.4 is 11.1 Å². The fraction of sp³-hybridized carbons (Fsp3) is 0.909. The van der Waals surface area contributed by atoms with Crippen LogP contribution in [0.3, 0.4) is 0 Å². The number of rotatable bonds is 6. The topological polar surface area (TPSA) is 58.4 Å². The quantitative estimate of drug-likeness (QED) is 0.625. The molecule has 0 spiro atoms. The second-order valence-corrected chi connectivity index (χ2v) is 4.56. The van der Waals surface area contributed by atoms with E-state index in [2.05, 4.69) is 24.1 Å². The number of nitrogens with zero attached hydrogens (tertiary/aromatic N) is 1. The van der Waals surface area contributed by atoms with E-state index < -0.39 is 0 Å². The lowest BCUT2D eigenvalue weighted by molar-refractivity contribution is -0.122. The van der Waals surface area contributed by atoms with Crippen molar-refractivity contribution in [2.75, 3.05) is 19.6 Å². The number of hydrogen-bond donors (Lipinski definition) is 2. The van der Waals surface area contributed by atoms with Gasteiger partial charge in [-0.05, 0) is 32.4 Å². The summed E-state index contributed by atoms with van der Waals surface area (Å²) in [5.74, 6) is -0.163. The van der Waals surface area contributed by atoms with Crippen molar-refractivity contribution in [2.45, 2.75) is 45.2 Å². The Labute approximate surface area is 92.2 Å². The van der Waals surface area contributed by atoms with Crippen LogP contribution in [0, 0.1) is 0 Å². The number of nitrogens with one attached hydrogen (secondary N) is 1. The molecule has 1 saturated heterocycles. The van der Waals surface area contributed by atoms with Crippen molar-refractivity contribution < 1.29 is 4.79 Å². The molecule has 1 rings (SSSR count).